The highest BCUT2D eigenvalue weighted by Crippen LogP contribution is 2.09. The Balaban J connectivity index is 2.17. The lowest BCUT2D eigenvalue weighted by atomic mass is 10.2. The van der Waals surface area contributed by atoms with Gasteiger partial charge in [0.2, 0.25) is 0 Å². The summed E-state index contributed by atoms with van der Waals surface area (Å²) in [6.45, 7) is 0. The Morgan fingerprint density at radius 3 is 2.72 bits per heavy atom. The number of carboxylic acid groups (broad SMARTS) is 1. The molecule has 0 unspecified atom stereocenters. The molecule has 90 valence electrons. The van der Waals surface area contributed by atoms with Crippen LogP contribution in [0.4, 0.5) is 5.69 Å². The molecule has 0 aromatic carbocycles. The van der Waals surface area contributed by atoms with Gasteiger partial charge in [0, 0.05) is 24.3 Å². The number of aromatic carboxylic acids is 1. The highest BCUT2D eigenvalue weighted by Gasteiger charge is 2.08. The Morgan fingerprint density at radius 1 is 1.22 bits per heavy atom. The second-order valence-corrected chi connectivity index (χ2v) is 3.43. The summed E-state index contributed by atoms with van der Waals surface area (Å²) in [4.78, 5) is 30.0. The number of hydrogen-bond acceptors (Lipinski definition) is 4. The number of rotatable bonds is 3. The Labute approximate surface area is 102 Å². The number of carbonyl (C=O) groups excluding carboxylic acids is 1. The zero-order valence-corrected chi connectivity index (χ0v) is 9.20. The Hall–Kier alpha value is -2.76. The van der Waals surface area contributed by atoms with Crippen molar-refractivity contribution in [3.05, 3.63) is 54.1 Å². The normalized spacial score (nSPS) is 9.78. The SMILES string of the molecule is O=C(Nc1ccnc(C(=O)O)c1)c1cccnc1. The molecule has 2 N–H and O–H groups in total. The minimum Gasteiger partial charge on any atom is -0.477 e. The lowest BCUT2D eigenvalue weighted by Crippen LogP contribution is -2.12. The van der Waals surface area contributed by atoms with Crippen molar-refractivity contribution in [1.82, 2.24) is 9.97 Å². The van der Waals surface area contributed by atoms with Crippen LogP contribution < -0.4 is 5.32 Å². The van der Waals surface area contributed by atoms with Gasteiger partial charge in [0.1, 0.15) is 5.69 Å². The Morgan fingerprint density at radius 2 is 2.06 bits per heavy atom. The van der Waals surface area contributed by atoms with Gasteiger partial charge in [-0.15, -0.1) is 0 Å². The smallest absolute Gasteiger partial charge is 0.354 e. The standard InChI is InChI=1S/C12H9N3O3/c16-11(8-2-1-4-13-7-8)15-9-3-5-14-10(6-9)12(17)18/h1-7H,(H,17,18)(H,14,15,16). The molecule has 2 heterocycles. The van der Waals surface area contributed by atoms with Crippen molar-refractivity contribution in [2.24, 2.45) is 0 Å². The highest BCUT2D eigenvalue weighted by atomic mass is 16.4. The molecule has 0 radical (unpaired) electrons. The second kappa shape index (κ2) is 5.05. The maximum atomic E-state index is 11.8. The minimum absolute atomic E-state index is 0.126. The van der Waals surface area contributed by atoms with Crippen LogP contribution in [0.2, 0.25) is 0 Å². The van der Waals surface area contributed by atoms with E-state index in [1.54, 1.807) is 18.3 Å². The minimum atomic E-state index is -1.15. The van der Waals surface area contributed by atoms with Crippen LogP contribution >= 0.6 is 0 Å². The largest absolute Gasteiger partial charge is 0.477 e. The summed E-state index contributed by atoms with van der Waals surface area (Å²) in [7, 11) is 0. The molecule has 2 aromatic heterocycles. The molecule has 0 aliphatic carbocycles. The maximum Gasteiger partial charge on any atom is 0.354 e. The summed E-state index contributed by atoms with van der Waals surface area (Å²) in [6.07, 6.45) is 4.31. The van der Waals surface area contributed by atoms with Gasteiger partial charge in [-0.05, 0) is 24.3 Å². The van der Waals surface area contributed by atoms with Gasteiger partial charge in [-0.2, -0.15) is 0 Å². The zero-order valence-electron chi connectivity index (χ0n) is 9.20. The predicted octanol–water partition coefficient (Wildman–Crippen LogP) is 1.43. The van der Waals surface area contributed by atoms with E-state index in [0.717, 1.165) is 0 Å². The molecule has 0 saturated heterocycles. The number of amides is 1. The van der Waals surface area contributed by atoms with Crippen LogP contribution in [0.5, 0.6) is 0 Å². The van der Waals surface area contributed by atoms with Crippen LogP contribution in [0.15, 0.2) is 42.9 Å². The monoisotopic (exact) mass is 243 g/mol. The molecule has 0 aliphatic heterocycles. The lowest BCUT2D eigenvalue weighted by molar-refractivity contribution is 0.0690. The van der Waals surface area contributed by atoms with E-state index in [2.05, 4.69) is 15.3 Å². The van der Waals surface area contributed by atoms with Crippen molar-refractivity contribution in [1.29, 1.82) is 0 Å². The van der Waals surface area contributed by atoms with E-state index < -0.39 is 5.97 Å². The average molecular weight is 243 g/mol. The third kappa shape index (κ3) is 2.67. The van der Waals surface area contributed by atoms with Gasteiger partial charge in [-0.1, -0.05) is 0 Å². The summed E-state index contributed by atoms with van der Waals surface area (Å²) < 4.78 is 0. The first-order valence-electron chi connectivity index (χ1n) is 5.07. The number of aromatic nitrogens is 2. The Bertz CT molecular complexity index is 584. The molecule has 6 nitrogen and oxygen atoms in total. The molecule has 0 fully saturated rings. The number of pyridine rings is 2. The third-order valence-corrected chi connectivity index (χ3v) is 2.16. The quantitative estimate of drug-likeness (QED) is 0.850. The van der Waals surface area contributed by atoms with Gasteiger partial charge in [-0.25, -0.2) is 9.78 Å². The fourth-order valence-electron chi connectivity index (χ4n) is 1.33. The molecular weight excluding hydrogens is 234 g/mol. The number of carboxylic acids is 1. The van der Waals surface area contributed by atoms with E-state index in [1.807, 2.05) is 0 Å². The van der Waals surface area contributed by atoms with Gasteiger partial charge in [0.25, 0.3) is 5.91 Å². The van der Waals surface area contributed by atoms with E-state index in [0.29, 0.717) is 11.3 Å². The first-order chi connectivity index (χ1) is 8.66. The first-order valence-corrected chi connectivity index (χ1v) is 5.07. The number of hydrogen-bond donors (Lipinski definition) is 2. The van der Waals surface area contributed by atoms with Crippen molar-refractivity contribution in [2.45, 2.75) is 0 Å². The average Bonchev–Trinajstić information content (AvgIpc) is 2.40. The van der Waals surface area contributed by atoms with Crippen LogP contribution in [0.25, 0.3) is 0 Å². The summed E-state index contributed by atoms with van der Waals surface area (Å²) >= 11 is 0. The van der Waals surface area contributed by atoms with Crippen molar-refractivity contribution >= 4 is 17.6 Å². The van der Waals surface area contributed by atoms with Crippen LogP contribution in [-0.4, -0.2) is 27.0 Å². The van der Waals surface area contributed by atoms with Crippen LogP contribution in [0.3, 0.4) is 0 Å². The predicted molar refractivity (Wildman–Crippen MR) is 63.4 cm³/mol. The molecule has 2 rings (SSSR count). The molecule has 18 heavy (non-hydrogen) atoms. The van der Waals surface area contributed by atoms with E-state index in [-0.39, 0.29) is 11.6 Å². The van der Waals surface area contributed by atoms with Crippen molar-refractivity contribution in [2.75, 3.05) is 5.32 Å². The molecule has 0 saturated carbocycles. The maximum absolute atomic E-state index is 11.8. The summed E-state index contributed by atoms with van der Waals surface area (Å²) in [6, 6.07) is 6.06. The molecule has 2 aromatic rings. The van der Waals surface area contributed by atoms with Crippen molar-refractivity contribution < 1.29 is 14.7 Å². The van der Waals surface area contributed by atoms with E-state index in [9.17, 15) is 9.59 Å². The van der Waals surface area contributed by atoms with Crippen molar-refractivity contribution in [3.8, 4) is 0 Å². The number of nitrogens with one attached hydrogen (secondary N) is 1. The molecule has 0 bridgehead atoms. The fraction of sp³-hybridized carbons (Fsp3) is 0. The topological polar surface area (TPSA) is 92.2 Å². The summed E-state index contributed by atoms with van der Waals surface area (Å²) in [5, 5.41) is 11.3. The van der Waals surface area contributed by atoms with E-state index in [4.69, 9.17) is 5.11 Å². The molecule has 6 heteroatoms. The van der Waals surface area contributed by atoms with Gasteiger partial charge >= 0.3 is 5.97 Å². The second-order valence-electron chi connectivity index (χ2n) is 3.43. The van der Waals surface area contributed by atoms with Gasteiger partial charge in [0.15, 0.2) is 0 Å². The van der Waals surface area contributed by atoms with Gasteiger partial charge < -0.3 is 10.4 Å². The first kappa shape index (κ1) is 11.7. The van der Waals surface area contributed by atoms with Crippen LogP contribution in [0, 0.1) is 0 Å². The molecule has 0 atom stereocenters. The van der Waals surface area contributed by atoms with Crippen LogP contribution in [0.1, 0.15) is 20.8 Å². The molecular formula is C12H9N3O3. The third-order valence-electron chi connectivity index (χ3n) is 2.16. The Kier molecular flexibility index (Phi) is 3.29. The lowest BCUT2D eigenvalue weighted by Gasteiger charge is -2.05. The van der Waals surface area contributed by atoms with Crippen LogP contribution in [-0.2, 0) is 0 Å². The number of carbonyl (C=O) groups is 2. The fourth-order valence-corrected chi connectivity index (χ4v) is 1.33. The highest BCUT2D eigenvalue weighted by molar-refractivity contribution is 6.04. The number of anilines is 1. The number of nitrogens with zero attached hydrogens (tertiary/aromatic N) is 2. The van der Waals surface area contributed by atoms with Gasteiger partial charge in [-0.3, -0.25) is 9.78 Å². The molecule has 1 amide bonds. The summed E-state index contributed by atoms with van der Waals surface area (Å²) in [5.41, 5.74) is 0.640. The zero-order chi connectivity index (χ0) is 13.0. The van der Waals surface area contributed by atoms with Gasteiger partial charge in [0.05, 0.1) is 5.56 Å². The summed E-state index contributed by atoms with van der Waals surface area (Å²) in [5.74, 6) is -1.50. The van der Waals surface area contributed by atoms with E-state index >= 15 is 0 Å². The van der Waals surface area contributed by atoms with Crippen molar-refractivity contribution in [3.63, 3.8) is 0 Å². The molecule has 0 aliphatic rings. The molecule has 0 spiro atoms. The van der Waals surface area contributed by atoms with E-state index in [1.165, 1.54) is 24.5 Å².